The maximum Gasteiger partial charge on any atom is 0.337 e. The van der Waals surface area contributed by atoms with Gasteiger partial charge in [0.2, 0.25) is 0 Å². The van der Waals surface area contributed by atoms with E-state index in [1.54, 1.807) is 6.07 Å². The van der Waals surface area contributed by atoms with E-state index in [0.29, 0.717) is 11.1 Å². The third kappa shape index (κ3) is 2.89. The number of hydrogen-bond acceptors (Lipinski definition) is 3. The van der Waals surface area contributed by atoms with E-state index in [9.17, 15) is 13.6 Å². The number of halogens is 2. The maximum absolute atomic E-state index is 14.2. The van der Waals surface area contributed by atoms with Crippen molar-refractivity contribution in [2.24, 2.45) is 0 Å². The number of anilines is 2. The number of nitrogens with one attached hydrogen (secondary N) is 2. The topological polar surface area (TPSA) is 78.0 Å². The number of aromatic carboxylic acids is 1. The molecular formula is C16H11F2N3O2. The fourth-order valence-electron chi connectivity index (χ4n) is 2.18. The van der Waals surface area contributed by atoms with Gasteiger partial charge < -0.3 is 10.4 Å². The predicted molar refractivity (Wildman–Crippen MR) is 80.6 cm³/mol. The number of carbonyl (C=O) groups is 1. The lowest BCUT2D eigenvalue weighted by Crippen LogP contribution is -2.05. The molecule has 23 heavy (non-hydrogen) atoms. The summed E-state index contributed by atoms with van der Waals surface area (Å²) in [4.78, 5) is 11.2. The predicted octanol–water partition coefficient (Wildman–Crippen LogP) is 3.80. The summed E-state index contributed by atoms with van der Waals surface area (Å²) in [7, 11) is 0. The van der Waals surface area contributed by atoms with E-state index >= 15 is 0 Å². The van der Waals surface area contributed by atoms with Crippen LogP contribution in [0.25, 0.3) is 11.1 Å². The van der Waals surface area contributed by atoms with Gasteiger partial charge in [-0.1, -0.05) is 12.1 Å². The van der Waals surface area contributed by atoms with Gasteiger partial charge in [-0.25, -0.2) is 13.6 Å². The highest BCUT2D eigenvalue weighted by atomic mass is 19.1. The second kappa shape index (κ2) is 5.88. The van der Waals surface area contributed by atoms with Gasteiger partial charge in [0.15, 0.2) is 0 Å². The monoisotopic (exact) mass is 315 g/mol. The molecule has 0 spiro atoms. The van der Waals surface area contributed by atoms with Crippen LogP contribution in [0.15, 0.2) is 48.8 Å². The van der Waals surface area contributed by atoms with Crippen molar-refractivity contribution < 1.29 is 18.7 Å². The first kappa shape index (κ1) is 14.7. The third-order valence-corrected chi connectivity index (χ3v) is 3.29. The molecule has 1 heterocycles. The van der Waals surface area contributed by atoms with Gasteiger partial charge in [-0.2, -0.15) is 5.10 Å². The van der Waals surface area contributed by atoms with Gasteiger partial charge in [-0.05, 0) is 29.8 Å². The molecule has 1 aromatic heterocycles. The fourth-order valence-corrected chi connectivity index (χ4v) is 2.18. The highest BCUT2D eigenvalue weighted by molar-refractivity contribution is 5.95. The average molecular weight is 315 g/mol. The van der Waals surface area contributed by atoms with Crippen LogP contribution in [0.3, 0.4) is 0 Å². The van der Waals surface area contributed by atoms with E-state index in [2.05, 4.69) is 15.5 Å². The number of carboxylic acids is 1. The van der Waals surface area contributed by atoms with Gasteiger partial charge in [0.1, 0.15) is 17.3 Å². The van der Waals surface area contributed by atoms with Crippen molar-refractivity contribution in [3.8, 4) is 11.1 Å². The van der Waals surface area contributed by atoms with Crippen molar-refractivity contribution in [2.45, 2.75) is 0 Å². The zero-order valence-corrected chi connectivity index (χ0v) is 11.7. The Morgan fingerprint density at radius 1 is 1.13 bits per heavy atom. The molecule has 5 nitrogen and oxygen atoms in total. The summed E-state index contributed by atoms with van der Waals surface area (Å²) in [5.41, 5.74) is 0.483. The van der Waals surface area contributed by atoms with Crippen molar-refractivity contribution >= 4 is 17.3 Å². The Bertz CT molecular complexity index is 841. The summed E-state index contributed by atoms with van der Waals surface area (Å²) < 4.78 is 28.5. The first-order valence-electron chi connectivity index (χ1n) is 6.64. The Labute approximate surface area is 129 Å². The van der Waals surface area contributed by atoms with Crippen LogP contribution in [0.4, 0.5) is 20.2 Å². The minimum atomic E-state index is -1.19. The first-order chi connectivity index (χ1) is 11.1. The molecule has 116 valence electrons. The van der Waals surface area contributed by atoms with Crippen molar-refractivity contribution in [3.63, 3.8) is 0 Å². The summed E-state index contributed by atoms with van der Waals surface area (Å²) >= 11 is 0. The number of hydrogen-bond donors (Lipinski definition) is 3. The van der Waals surface area contributed by atoms with Gasteiger partial charge in [0.25, 0.3) is 0 Å². The van der Waals surface area contributed by atoms with Crippen molar-refractivity contribution in [1.82, 2.24) is 10.2 Å². The summed E-state index contributed by atoms with van der Waals surface area (Å²) in [5, 5.41) is 17.9. The molecule has 0 amide bonds. The Morgan fingerprint density at radius 3 is 2.43 bits per heavy atom. The zero-order valence-electron chi connectivity index (χ0n) is 11.7. The lowest BCUT2D eigenvalue weighted by molar-refractivity contribution is 0.0698. The molecule has 0 aliphatic carbocycles. The van der Waals surface area contributed by atoms with Crippen LogP contribution >= 0.6 is 0 Å². The Hall–Kier alpha value is -3.22. The molecule has 0 saturated heterocycles. The maximum atomic E-state index is 14.2. The van der Waals surface area contributed by atoms with E-state index in [4.69, 9.17) is 5.11 Å². The quantitative estimate of drug-likeness (QED) is 0.684. The Kier molecular flexibility index (Phi) is 3.76. The molecule has 3 aromatic rings. The van der Waals surface area contributed by atoms with Gasteiger partial charge >= 0.3 is 5.97 Å². The number of nitrogens with zero attached hydrogens (tertiary/aromatic N) is 1. The van der Waals surface area contributed by atoms with Crippen LogP contribution in [0.5, 0.6) is 0 Å². The lowest BCUT2D eigenvalue weighted by Gasteiger charge is -2.12. The summed E-state index contributed by atoms with van der Waals surface area (Å²) in [6.45, 7) is 0. The molecule has 0 unspecified atom stereocenters. The highest BCUT2D eigenvalue weighted by Gasteiger charge is 2.16. The average Bonchev–Trinajstić information content (AvgIpc) is 3.05. The lowest BCUT2D eigenvalue weighted by atomic mass is 10.1. The minimum Gasteiger partial charge on any atom is -0.478 e. The van der Waals surface area contributed by atoms with Crippen molar-refractivity contribution in [1.29, 1.82) is 0 Å². The van der Waals surface area contributed by atoms with Crippen LogP contribution in [-0.2, 0) is 0 Å². The number of H-pyrrole nitrogens is 1. The Balaban J connectivity index is 2.00. The second-order valence-electron chi connectivity index (χ2n) is 4.78. The Morgan fingerprint density at radius 2 is 1.83 bits per heavy atom. The summed E-state index contributed by atoms with van der Waals surface area (Å²) in [5.74, 6) is -2.85. The summed E-state index contributed by atoms with van der Waals surface area (Å²) in [6, 6.07) is 8.19. The number of benzene rings is 2. The second-order valence-corrected chi connectivity index (χ2v) is 4.78. The number of aromatic nitrogens is 2. The van der Waals surface area contributed by atoms with E-state index in [1.165, 1.54) is 30.6 Å². The number of para-hydroxylation sites is 1. The van der Waals surface area contributed by atoms with E-state index in [0.717, 1.165) is 12.1 Å². The highest BCUT2D eigenvalue weighted by Crippen LogP contribution is 2.30. The molecule has 0 aliphatic rings. The van der Waals surface area contributed by atoms with Crippen LogP contribution in [0, 0.1) is 11.6 Å². The van der Waals surface area contributed by atoms with Crippen molar-refractivity contribution in [3.05, 3.63) is 66.0 Å². The molecule has 0 fully saturated rings. The third-order valence-electron chi connectivity index (χ3n) is 3.29. The normalized spacial score (nSPS) is 10.5. The van der Waals surface area contributed by atoms with Crippen LogP contribution < -0.4 is 5.32 Å². The summed E-state index contributed by atoms with van der Waals surface area (Å²) in [6.07, 6.45) is 2.96. The minimum absolute atomic E-state index is 0.0785. The molecule has 2 aromatic carbocycles. The standard InChI is InChI=1S/C16H11F2N3O2/c17-12-5-9(10-7-19-20-8-10)6-13(18)15(12)21-14-4-2-1-3-11(14)16(22)23/h1-8,21H,(H,19,20)(H,22,23). The van der Waals surface area contributed by atoms with E-state index in [-0.39, 0.29) is 11.3 Å². The van der Waals surface area contributed by atoms with Gasteiger partial charge in [0.05, 0.1) is 17.4 Å². The fraction of sp³-hybridized carbons (Fsp3) is 0. The number of aromatic amines is 1. The largest absolute Gasteiger partial charge is 0.478 e. The molecule has 0 aliphatic heterocycles. The van der Waals surface area contributed by atoms with Gasteiger partial charge in [-0.15, -0.1) is 0 Å². The number of carboxylic acid groups (broad SMARTS) is 1. The molecule has 0 bridgehead atoms. The zero-order chi connectivity index (χ0) is 16.4. The molecular weight excluding hydrogens is 304 g/mol. The molecule has 3 rings (SSSR count). The molecule has 0 atom stereocenters. The number of rotatable bonds is 4. The van der Waals surface area contributed by atoms with Crippen molar-refractivity contribution in [2.75, 3.05) is 5.32 Å². The SMILES string of the molecule is O=C(O)c1ccccc1Nc1c(F)cc(-c2cn[nH]c2)cc1F. The van der Waals surface area contributed by atoms with Gasteiger partial charge in [-0.3, -0.25) is 5.10 Å². The van der Waals surface area contributed by atoms with Crippen LogP contribution in [0.1, 0.15) is 10.4 Å². The molecule has 7 heteroatoms. The van der Waals surface area contributed by atoms with Crippen LogP contribution in [0.2, 0.25) is 0 Å². The van der Waals surface area contributed by atoms with E-state index in [1.807, 2.05) is 0 Å². The van der Waals surface area contributed by atoms with Crippen LogP contribution in [-0.4, -0.2) is 21.3 Å². The first-order valence-corrected chi connectivity index (χ1v) is 6.64. The van der Waals surface area contributed by atoms with E-state index < -0.39 is 23.3 Å². The van der Waals surface area contributed by atoms with Gasteiger partial charge in [0, 0.05) is 11.8 Å². The molecule has 0 radical (unpaired) electrons. The molecule has 0 saturated carbocycles. The molecule has 3 N–H and O–H groups in total. The smallest absolute Gasteiger partial charge is 0.337 e.